The SMILES string of the molecule is CN(CCCC(=O)NN)c1ccccc1F. The van der Waals surface area contributed by atoms with Crippen molar-refractivity contribution in [2.45, 2.75) is 12.8 Å². The van der Waals surface area contributed by atoms with Crippen molar-refractivity contribution in [3.05, 3.63) is 30.1 Å². The minimum Gasteiger partial charge on any atom is -0.372 e. The fourth-order valence-corrected chi connectivity index (χ4v) is 1.43. The summed E-state index contributed by atoms with van der Waals surface area (Å²) in [5.41, 5.74) is 2.60. The van der Waals surface area contributed by atoms with Crippen LogP contribution in [-0.4, -0.2) is 19.5 Å². The molecule has 0 spiro atoms. The summed E-state index contributed by atoms with van der Waals surface area (Å²) in [4.78, 5) is 12.6. The van der Waals surface area contributed by atoms with E-state index in [0.29, 0.717) is 25.1 Å². The van der Waals surface area contributed by atoms with Crippen LogP contribution < -0.4 is 16.2 Å². The zero-order valence-electron chi connectivity index (χ0n) is 9.24. The highest BCUT2D eigenvalue weighted by molar-refractivity contribution is 5.75. The zero-order valence-corrected chi connectivity index (χ0v) is 9.24. The number of hydrogen-bond donors (Lipinski definition) is 2. The summed E-state index contributed by atoms with van der Waals surface area (Å²) in [6.45, 7) is 0.606. The maximum absolute atomic E-state index is 13.4. The molecule has 0 bridgehead atoms. The lowest BCUT2D eigenvalue weighted by Gasteiger charge is -2.19. The van der Waals surface area contributed by atoms with Gasteiger partial charge in [-0.2, -0.15) is 0 Å². The molecule has 0 aliphatic rings. The van der Waals surface area contributed by atoms with Crippen LogP contribution in [0.15, 0.2) is 24.3 Å². The van der Waals surface area contributed by atoms with Gasteiger partial charge in [0.15, 0.2) is 0 Å². The van der Waals surface area contributed by atoms with Crippen LogP contribution in [0, 0.1) is 5.82 Å². The number of carbonyl (C=O) groups is 1. The fraction of sp³-hybridized carbons (Fsp3) is 0.364. The van der Waals surface area contributed by atoms with Crippen LogP contribution in [-0.2, 0) is 4.79 Å². The first kappa shape index (κ1) is 12.4. The van der Waals surface area contributed by atoms with Gasteiger partial charge in [-0.05, 0) is 18.6 Å². The van der Waals surface area contributed by atoms with Gasteiger partial charge in [0, 0.05) is 20.0 Å². The molecule has 3 N–H and O–H groups in total. The first-order valence-corrected chi connectivity index (χ1v) is 5.10. The highest BCUT2D eigenvalue weighted by Crippen LogP contribution is 2.17. The van der Waals surface area contributed by atoms with E-state index in [1.165, 1.54) is 6.07 Å². The molecular weight excluding hydrogens is 209 g/mol. The summed E-state index contributed by atoms with van der Waals surface area (Å²) < 4.78 is 13.4. The van der Waals surface area contributed by atoms with Crippen molar-refractivity contribution >= 4 is 11.6 Å². The lowest BCUT2D eigenvalue weighted by Crippen LogP contribution is -2.30. The molecule has 0 aromatic heterocycles. The molecule has 0 unspecified atom stereocenters. The average molecular weight is 225 g/mol. The summed E-state index contributed by atoms with van der Waals surface area (Å²) in [5, 5.41) is 0. The Kier molecular flexibility index (Phi) is 4.72. The Morgan fingerprint density at radius 1 is 1.50 bits per heavy atom. The zero-order chi connectivity index (χ0) is 12.0. The molecule has 0 saturated heterocycles. The van der Waals surface area contributed by atoms with Gasteiger partial charge < -0.3 is 4.90 Å². The van der Waals surface area contributed by atoms with E-state index in [1.54, 1.807) is 30.1 Å². The molecule has 5 heteroatoms. The number of halogens is 1. The monoisotopic (exact) mass is 225 g/mol. The Morgan fingerprint density at radius 3 is 2.81 bits per heavy atom. The van der Waals surface area contributed by atoms with Crippen LogP contribution in [0.2, 0.25) is 0 Å². The second-order valence-electron chi connectivity index (χ2n) is 3.54. The fourth-order valence-electron chi connectivity index (χ4n) is 1.43. The largest absolute Gasteiger partial charge is 0.372 e. The van der Waals surface area contributed by atoms with E-state index in [9.17, 15) is 9.18 Å². The quantitative estimate of drug-likeness (QED) is 0.447. The molecule has 0 saturated carbocycles. The molecule has 16 heavy (non-hydrogen) atoms. The van der Waals surface area contributed by atoms with Gasteiger partial charge in [0.2, 0.25) is 5.91 Å². The van der Waals surface area contributed by atoms with E-state index in [-0.39, 0.29) is 11.7 Å². The summed E-state index contributed by atoms with van der Waals surface area (Å²) in [7, 11) is 1.79. The van der Waals surface area contributed by atoms with Gasteiger partial charge in [-0.15, -0.1) is 0 Å². The maximum atomic E-state index is 13.4. The molecule has 0 aliphatic carbocycles. The second kappa shape index (κ2) is 6.07. The number of nitrogens with zero attached hydrogens (tertiary/aromatic N) is 1. The third-order valence-corrected chi connectivity index (χ3v) is 2.32. The number of amides is 1. The highest BCUT2D eigenvalue weighted by Gasteiger charge is 2.06. The molecule has 1 amide bonds. The Bertz CT molecular complexity index is 357. The molecule has 1 rings (SSSR count). The number of nitrogens with two attached hydrogens (primary N) is 1. The van der Waals surface area contributed by atoms with Gasteiger partial charge in [0.05, 0.1) is 5.69 Å². The molecule has 4 nitrogen and oxygen atoms in total. The van der Waals surface area contributed by atoms with Gasteiger partial charge in [-0.1, -0.05) is 12.1 Å². The van der Waals surface area contributed by atoms with E-state index in [0.717, 1.165) is 0 Å². The van der Waals surface area contributed by atoms with E-state index < -0.39 is 0 Å². The summed E-state index contributed by atoms with van der Waals surface area (Å²) in [6, 6.07) is 6.55. The number of rotatable bonds is 5. The van der Waals surface area contributed by atoms with E-state index in [4.69, 9.17) is 5.84 Å². The maximum Gasteiger partial charge on any atom is 0.233 e. The molecule has 0 radical (unpaired) electrons. The van der Waals surface area contributed by atoms with Crippen LogP contribution in [0.4, 0.5) is 10.1 Å². The first-order chi connectivity index (χ1) is 7.65. The lowest BCUT2D eigenvalue weighted by molar-refractivity contribution is -0.121. The molecule has 0 atom stereocenters. The van der Waals surface area contributed by atoms with Gasteiger partial charge in [0.25, 0.3) is 0 Å². The van der Waals surface area contributed by atoms with Crippen molar-refractivity contribution in [3.8, 4) is 0 Å². The van der Waals surface area contributed by atoms with E-state index in [2.05, 4.69) is 5.43 Å². The third-order valence-electron chi connectivity index (χ3n) is 2.32. The summed E-state index contributed by atoms with van der Waals surface area (Å²) in [6.07, 6.45) is 0.975. The van der Waals surface area contributed by atoms with Crippen molar-refractivity contribution in [1.29, 1.82) is 0 Å². The molecule has 1 aromatic rings. The highest BCUT2D eigenvalue weighted by atomic mass is 19.1. The van der Waals surface area contributed by atoms with Crippen LogP contribution in [0.1, 0.15) is 12.8 Å². The van der Waals surface area contributed by atoms with Crippen LogP contribution in [0.3, 0.4) is 0 Å². The minimum absolute atomic E-state index is 0.207. The molecule has 0 heterocycles. The van der Waals surface area contributed by atoms with Gasteiger partial charge >= 0.3 is 0 Å². The summed E-state index contributed by atoms with van der Waals surface area (Å²) >= 11 is 0. The first-order valence-electron chi connectivity index (χ1n) is 5.10. The van der Waals surface area contributed by atoms with Crippen LogP contribution in [0.25, 0.3) is 0 Å². The van der Waals surface area contributed by atoms with Crippen LogP contribution >= 0.6 is 0 Å². The van der Waals surface area contributed by atoms with Crippen molar-refractivity contribution in [2.75, 3.05) is 18.5 Å². The van der Waals surface area contributed by atoms with E-state index in [1.807, 2.05) is 0 Å². The summed E-state index contributed by atoms with van der Waals surface area (Å²) in [5.74, 6) is 4.49. The molecule has 0 aliphatic heterocycles. The molecule has 0 fully saturated rings. The normalized spacial score (nSPS) is 9.94. The smallest absolute Gasteiger partial charge is 0.233 e. The van der Waals surface area contributed by atoms with Crippen LogP contribution in [0.5, 0.6) is 0 Å². The number of benzene rings is 1. The number of para-hydroxylation sites is 1. The number of hydrogen-bond acceptors (Lipinski definition) is 3. The third kappa shape index (κ3) is 3.51. The standard InChI is InChI=1S/C11H16FN3O/c1-15(8-4-7-11(16)14-13)10-6-3-2-5-9(10)12/h2-3,5-6H,4,7-8,13H2,1H3,(H,14,16). The number of carbonyl (C=O) groups excluding carboxylic acids is 1. The van der Waals surface area contributed by atoms with Crippen molar-refractivity contribution in [1.82, 2.24) is 5.43 Å². The Labute approximate surface area is 94.2 Å². The van der Waals surface area contributed by atoms with Gasteiger partial charge in [0.1, 0.15) is 5.82 Å². The topological polar surface area (TPSA) is 58.4 Å². The average Bonchev–Trinajstić information content (AvgIpc) is 2.29. The Hall–Kier alpha value is -1.62. The molecule has 1 aromatic carbocycles. The number of hydrazine groups is 1. The van der Waals surface area contributed by atoms with Crippen molar-refractivity contribution in [2.24, 2.45) is 5.84 Å². The minimum atomic E-state index is -0.256. The lowest BCUT2D eigenvalue weighted by atomic mass is 10.2. The predicted octanol–water partition coefficient (Wildman–Crippen LogP) is 1.03. The van der Waals surface area contributed by atoms with Gasteiger partial charge in [-0.3, -0.25) is 10.2 Å². The molecule has 88 valence electrons. The number of anilines is 1. The Balaban J connectivity index is 2.44. The predicted molar refractivity (Wildman–Crippen MR) is 61.2 cm³/mol. The van der Waals surface area contributed by atoms with Crippen molar-refractivity contribution in [3.63, 3.8) is 0 Å². The second-order valence-corrected chi connectivity index (χ2v) is 3.54. The van der Waals surface area contributed by atoms with E-state index >= 15 is 0 Å². The van der Waals surface area contributed by atoms with Gasteiger partial charge in [-0.25, -0.2) is 10.2 Å². The molecular formula is C11H16FN3O. The van der Waals surface area contributed by atoms with Crippen molar-refractivity contribution < 1.29 is 9.18 Å². The Morgan fingerprint density at radius 2 is 2.19 bits per heavy atom. The number of nitrogens with one attached hydrogen (secondary N) is 1.